The van der Waals surface area contributed by atoms with E-state index in [2.05, 4.69) is 0 Å². The quantitative estimate of drug-likeness (QED) is 0.837. The number of amides is 1. The van der Waals surface area contributed by atoms with Crippen LogP contribution < -0.4 is 9.47 Å². The van der Waals surface area contributed by atoms with Crippen LogP contribution in [-0.4, -0.2) is 49.3 Å². The first-order valence-corrected chi connectivity index (χ1v) is 7.91. The van der Waals surface area contributed by atoms with Gasteiger partial charge < -0.3 is 19.1 Å². The van der Waals surface area contributed by atoms with E-state index < -0.39 is 0 Å². The van der Waals surface area contributed by atoms with Crippen LogP contribution in [0, 0.1) is 0 Å². The molecular weight excluding hydrogens is 306 g/mol. The van der Waals surface area contributed by atoms with Gasteiger partial charge in [-0.15, -0.1) is 0 Å². The lowest BCUT2D eigenvalue weighted by molar-refractivity contribution is -0.142. The van der Waals surface area contributed by atoms with Gasteiger partial charge in [-0.3, -0.25) is 4.79 Å². The molecule has 0 aromatic heterocycles. The number of benzene rings is 1. The summed E-state index contributed by atoms with van der Waals surface area (Å²) in [5.74, 6) is 1.26. The number of carbonyl (C=O) groups excluding carboxylic acids is 1. The van der Waals surface area contributed by atoms with Crippen molar-refractivity contribution in [2.75, 3.05) is 26.4 Å². The van der Waals surface area contributed by atoms with Crippen molar-refractivity contribution in [3.8, 4) is 11.5 Å². The minimum atomic E-state index is 0.0732. The lowest BCUT2D eigenvalue weighted by Crippen LogP contribution is -2.50. The van der Waals surface area contributed by atoms with Gasteiger partial charge in [0.2, 0.25) is 5.91 Å². The third-order valence-electron chi connectivity index (χ3n) is 3.94. The average molecular weight is 326 g/mol. The Morgan fingerprint density at radius 3 is 2.91 bits per heavy atom. The second-order valence-electron chi connectivity index (χ2n) is 5.82. The van der Waals surface area contributed by atoms with Crippen molar-refractivity contribution in [1.82, 2.24) is 4.90 Å². The van der Waals surface area contributed by atoms with E-state index >= 15 is 0 Å². The number of hydrogen-bond acceptors (Lipinski definition) is 4. The smallest absolute Gasteiger partial charge is 0.227 e. The van der Waals surface area contributed by atoms with E-state index in [1.807, 2.05) is 24.8 Å². The van der Waals surface area contributed by atoms with E-state index in [9.17, 15) is 4.79 Å². The zero-order chi connectivity index (χ0) is 15.7. The molecule has 0 bridgehead atoms. The number of ether oxygens (including phenoxy) is 3. The van der Waals surface area contributed by atoms with Crippen LogP contribution in [0.25, 0.3) is 0 Å². The maximum atomic E-state index is 12.6. The van der Waals surface area contributed by atoms with Crippen LogP contribution in [0.4, 0.5) is 0 Å². The highest BCUT2D eigenvalue weighted by molar-refractivity contribution is 6.32. The third-order valence-corrected chi connectivity index (χ3v) is 4.22. The Morgan fingerprint density at radius 2 is 2.09 bits per heavy atom. The Hall–Kier alpha value is -1.46. The Kier molecular flexibility index (Phi) is 4.45. The number of fused-ring (bicyclic) bond motifs is 1. The van der Waals surface area contributed by atoms with Gasteiger partial charge in [0.05, 0.1) is 30.2 Å². The number of morpholine rings is 1. The molecule has 1 amide bonds. The molecule has 22 heavy (non-hydrogen) atoms. The lowest BCUT2D eigenvalue weighted by atomic mass is 10.1. The molecule has 0 radical (unpaired) electrons. The van der Waals surface area contributed by atoms with Crippen molar-refractivity contribution < 1.29 is 19.0 Å². The zero-order valence-corrected chi connectivity index (χ0v) is 13.6. The molecule has 6 heteroatoms. The first-order chi connectivity index (χ1) is 10.5. The van der Waals surface area contributed by atoms with Gasteiger partial charge in [0.25, 0.3) is 0 Å². The van der Waals surface area contributed by atoms with Gasteiger partial charge in [-0.05, 0) is 31.5 Å². The molecule has 1 saturated heterocycles. The van der Waals surface area contributed by atoms with E-state index in [1.54, 1.807) is 6.07 Å². The Bertz CT molecular complexity index is 578. The summed E-state index contributed by atoms with van der Waals surface area (Å²) in [7, 11) is 0. The van der Waals surface area contributed by atoms with Gasteiger partial charge >= 0.3 is 0 Å². The van der Waals surface area contributed by atoms with Crippen molar-refractivity contribution in [3.05, 3.63) is 22.7 Å². The van der Waals surface area contributed by atoms with Gasteiger partial charge in [-0.25, -0.2) is 0 Å². The second-order valence-corrected chi connectivity index (χ2v) is 6.22. The van der Waals surface area contributed by atoms with Crippen LogP contribution in [0.5, 0.6) is 11.5 Å². The molecule has 1 aromatic rings. The van der Waals surface area contributed by atoms with Crippen molar-refractivity contribution in [1.29, 1.82) is 0 Å². The molecule has 0 spiro atoms. The number of halogens is 1. The summed E-state index contributed by atoms with van der Waals surface area (Å²) in [6, 6.07) is 3.71. The number of carbonyl (C=O) groups is 1. The summed E-state index contributed by atoms with van der Waals surface area (Å²) >= 11 is 6.22. The van der Waals surface area contributed by atoms with E-state index in [0.29, 0.717) is 49.3 Å². The summed E-state index contributed by atoms with van der Waals surface area (Å²) in [5, 5.41) is 0.489. The van der Waals surface area contributed by atoms with Crippen LogP contribution >= 0.6 is 11.6 Å². The predicted octanol–water partition coefficient (Wildman–Crippen LogP) is 2.29. The normalized spacial score (nSPS) is 24.2. The highest BCUT2D eigenvalue weighted by atomic mass is 35.5. The summed E-state index contributed by atoms with van der Waals surface area (Å²) in [5.41, 5.74) is 0.839. The summed E-state index contributed by atoms with van der Waals surface area (Å²) in [4.78, 5) is 14.4. The van der Waals surface area contributed by atoms with Crippen LogP contribution in [0.2, 0.25) is 5.02 Å². The number of nitrogens with zero attached hydrogens (tertiary/aromatic N) is 1. The van der Waals surface area contributed by atoms with Crippen molar-refractivity contribution in [3.63, 3.8) is 0 Å². The van der Waals surface area contributed by atoms with Crippen molar-refractivity contribution in [2.45, 2.75) is 32.4 Å². The maximum absolute atomic E-state index is 12.6. The monoisotopic (exact) mass is 325 g/mol. The Morgan fingerprint density at radius 1 is 1.32 bits per heavy atom. The van der Waals surface area contributed by atoms with E-state index in [1.165, 1.54) is 0 Å². The lowest BCUT2D eigenvalue weighted by Gasteiger charge is -2.37. The molecule has 2 atom stereocenters. The molecule has 1 aromatic carbocycles. The van der Waals surface area contributed by atoms with E-state index in [0.717, 1.165) is 5.56 Å². The summed E-state index contributed by atoms with van der Waals surface area (Å²) in [6.45, 7) is 6.17. The molecular formula is C16H20ClNO4. The topological polar surface area (TPSA) is 48.0 Å². The Labute approximate surface area is 135 Å². The molecule has 0 saturated carbocycles. The van der Waals surface area contributed by atoms with Crippen LogP contribution in [0.15, 0.2) is 12.1 Å². The molecule has 0 unspecified atom stereocenters. The third kappa shape index (κ3) is 3.15. The first kappa shape index (κ1) is 15.4. The highest BCUT2D eigenvalue weighted by Crippen LogP contribution is 2.38. The minimum absolute atomic E-state index is 0.0732. The number of rotatable bonds is 2. The van der Waals surface area contributed by atoms with Gasteiger partial charge in [0, 0.05) is 6.54 Å². The van der Waals surface area contributed by atoms with Gasteiger partial charge in [0.1, 0.15) is 13.2 Å². The molecule has 0 aliphatic carbocycles. The average Bonchev–Trinajstić information content (AvgIpc) is 2.49. The van der Waals surface area contributed by atoms with Gasteiger partial charge in [-0.2, -0.15) is 0 Å². The summed E-state index contributed by atoms with van der Waals surface area (Å²) < 4.78 is 16.6. The fourth-order valence-corrected chi connectivity index (χ4v) is 3.08. The fourth-order valence-electron chi connectivity index (χ4n) is 2.79. The summed E-state index contributed by atoms with van der Waals surface area (Å²) in [6.07, 6.45) is 0.372. The van der Waals surface area contributed by atoms with E-state index in [4.69, 9.17) is 25.8 Å². The SMILES string of the molecule is C[C@@H]1CO[C@@H](C)CN1C(=O)Cc1cc(Cl)c2c(c1)OCCO2. The fraction of sp³-hybridized carbons (Fsp3) is 0.562. The molecule has 2 heterocycles. The first-order valence-electron chi connectivity index (χ1n) is 7.53. The van der Waals surface area contributed by atoms with Crippen molar-refractivity contribution in [2.24, 2.45) is 0 Å². The van der Waals surface area contributed by atoms with E-state index in [-0.39, 0.29) is 18.1 Å². The van der Waals surface area contributed by atoms with Crippen LogP contribution in [0.1, 0.15) is 19.4 Å². The largest absolute Gasteiger partial charge is 0.486 e. The Balaban J connectivity index is 1.75. The molecule has 1 fully saturated rings. The molecule has 3 rings (SSSR count). The van der Waals surface area contributed by atoms with Crippen LogP contribution in [-0.2, 0) is 16.0 Å². The van der Waals surface area contributed by atoms with Crippen LogP contribution in [0.3, 0.4) is 0 Å². The minimum Gasteiger partial charge on any atom is -0.486 e. The standard InChI is InChI=1S/C16H20ClNO4/c1-10-9-22-11(2)8-18(10)15(19)7-12-5-13(17)16-14(6-12)20-3-4-21-16/h5-6,10-11H,3-4,7-9H2,1-2H3/t10-,11+/m1/s1. The molecule has 2 aliphatic heterocycles. The molecule has 0 N–H and O–H groups in total. The van der Waals surface area contributed by atoms with Crippen molar-refractivity contribution >= 4 is 17.5 Å². The predicted molar refractivity (Wildman–Crippen MR) is 82.7 cm³/mol. The molecule has 120 valence electrons. The number of hydrogen-bond donors (Lipinski definition) is 0. The maximum Gasteiger partial charge on any atom is 0.227 e. The zero-order valence-electron chi connectivity index (χ0n) is 12.8. The van der Waals surface area contributed by atoms with Gasteiger partial charge in [-0.1, -0.05) is 11.6 Å². The molecule has 2 aliphatic rings. The molecule has 5 nitrogen and oxygen atoms in total. The second kappa shape index (κ2) is 6.34. The van der Waals surface area contributed by atoms with Gasteiger partial charge in [0.15, 0.2) is 11.5 Å². The highest BCUT2D eigenvalue weighted by Gasteiger charge is 2.28.